The summed E-state index contributed by atoms with van der Waals surface area (Å²) < 4.78 is 0. The number of hydrogen-bond donors (Lipinski definition) is 1. The minimum Gasteiger partial charge on any atom is -0.389 e. The smallest absolute Gasteiger partial charge is 0.0761 e. The third-order valence-corrected chi connectivity index (χ3v) is 3.72. The van der Waals surface area contributed by atoms with Crippen LogP contribution in [-0.2, 0) is 0 Å². The molecule has 0 radical (unpaired) electrons. The first kappa shape index (κ1) is 13.6. The van der Waals surface area contributed by atoms with E-state index in [1.807, 2.05) is 18.2 Å². The fourth-order valence-electron chi connectivity index (χ4n) is 2.44. The highest BCUT2D eigenvalue weighted by Crippen LogP contribution is 2.25. The molecule has 1 atom stereocenters. The van der Waals surface area contributed by atoms with Gasteiger partial charge in [-0.1, -0.05) is 78.9 Å². The number of aliphatic hydroxyl groups excluding tert-OH is 1. The van der Waals surface area contributed by atoms with Crippen LogP contribution in [0, 0.1) is 0 Å². The maximum absolute atomic E-state index is 9.55. The highest BCUT2D eigenvalue weighted by Gasteiger charge is 2.02. The van der Waals surface area contributed by atoms with E-state index >= 15 is 0 Å². The average molecular weight is 274 g/mol. The topological polar surface area (TPSA) is 20.2 Å². The molecule has 1 nitrogen and oxygen atoms in total. The van der Waals surface area contributed by atoms with Gasteiger partial charge in [0.25, 0.3) is 0 Å². The number of hydrogen-bond acceptors (Lipinski definition) is 1. The highest BCUT2D eigenvalue weighted by atomic mass is 16.3. The van der Waals surface area contributed by atoms with Crippen molar-refractivity contribution >= 4 is 0 Å². The van der Waals surface area contributed by atoms with Crippen molar-refractivity contribution in [3.8, 4) is 22.3 Å². The van der Waals surface area contributed by atoms with Gasteiger partial charge in [-0.15, -0.1) is 0 Å². The van der Waals surface area contributed by atoms with Gasteiger partial charge in [-0.3, -0.25) is 0 Å². The predicted octanol–water partition coefficient (Wildman–Crippen LogP) is 5.07. The van der Waals surface area contributed by atoms with Crippen molar-refractivity contribution in [1.29, 1.82) is 0 Å². The Bertz CT molecular complexity index is 695. The lowest BCUT2D eigenvalue weighted by molar-refractivity contribution is 0.199. The number of rotatable bonds is 3. The molecule has 21 heavy (non-hydrogen) atoms. The monoisotopic (exact) mass is 274 g/mol. The van der Waals surface area contributed by atoms with Gasteiger partial charge in [0.2, 0.25) is 0 Å². The van der Waals surface area contributed by atoms with Crippen molar-refractivity contribution in [3.05, 3.63) is 84.4 Å². The molecule has 0 fully saturated rings. The molecule has 3 aromatic carbocycles. The van der Waals surface area contributed by atoms with Crippen LogP contribution in [0.5, 0.6) is 0 Å². The molecule has 3 rings (SSSR count). The van der Waals surface area contributed by atoms with Crippen LogP contribution in [-0.4, -0.2) is 5.11 Å². The van der Waals surface area contributed by atoms with Gasteiger partial charge >= 0.3 is 0 Å². The molecule has 3 aromatic rings. The second kappa shape index (κ2) is 5.94. The van der Waals surface area contributed by atoms with Crippen molar-refractivity contribution in [2.75, 3.05) is 0 Å². The lowest BCUT2D eigenvalue weighted by atomic mass is 9.99. The maximum Gasteiger partial charge on any atom is 0.0761 e. The molecule has 0 heterocycles. The van der Waals surface area contributed by atoms with E-state index in [-0.39, 0.29) is 0 Å². The third-order valence-electron chi connectivity index (χ3n) is 3.72. The maximum atomic E-state index is 9.55. The Hall–Kier alpha value is -2.38. The second-order valence-corrected chi connectivity index (χ2v) is 5.24. The lowest BCUT2D eigenvalue weighted by Crippen LogP contribution is -1.90. The molecule has 1 heteroatoms. The average Bonchev–Trinajstić information content (AvgIpc) is 2.56. The first-order valence-corrected chi connectivity index (χ1v) is 7.18. The SMILES string of the molecule is CC(O)c1ccc(-c2ccc(-c3ccccc3)cc2)cc1. The van der Waals surface area contributed by atoms with E-state index in [1.54, 1.807) is 6.92 Å². The van der Waals surface area contributed by atoms with Crippen LogP contribution >= 0.6 is 0 Å². The molecule has 0 aromatic heterocycles. The van der Waals surface area contributed by atoms with Crippen molar-refractivity contribution in [2.24, 2.45) is 0 Å². The van der Waals surface area contributed by atoms with Crippen LogP contribution in [0.1, 0.15) is 18.6 Å². The Morgan fingerprint density at radius 1 is 0.571 bits per heavy atom. The van der Waals surface area contributed by atoms with Gasteiger partial charge in [-0.25, -0.2) is 0 Å². The molecule has 1 unspecified atom stereocenters. The van der Waals surface area contributed by atoms with E-state index in [0.717, 1.165) is 5.56 Å². The Labute approximate surface area is 125 Å². The summed E-state index contributed by atoms with van der Waals surface area (Å²) in [7, 11) is 0. The van der Waals surface area contributed by atoms with E-state index in [2.05, 4.69) is 60.7 Å². The Kier molecular flexibility index (Phi) is 3.85. The zero-order chi connectivity index (χ0) is 14.7. The van der Waals surface area contributed by atoms with E-state index in [1.165, 1.54) is 22.3 Å². The van der Waals surface area contributed by atoms with E-state index < -0.39 is 6.10 Å². The van der Waals surface area contributed by atoms with Crippen LogP contribution in [0.25, 0.3) is 22.3 Å². The van der Waals surface area contributed by atoms with Crippen molar-refractivity contribution < 1.29 is 5.11 Å². The van der Waals surface area contributed by atoms with Gasteiger partial charge in [0.15, 0.2) is 0 Å². The summed E-state index contributed by atoms with van der Waals surface area (Å²) >= 11 is 0. The summed E-state index contributed by atoms with van der Waals surface area (Å²) in [6.07, 6.45) is -0.417. The molecule has 0 saturated carbocycles. The first-order valence-electron chi connectivity index (χ1n) is 7.18. The molecule has 0 saturated heterocycles. The van der Waals surface area contributed by atoms with Crippen molar-refractivity contribution in [1.82, 2.24) is 0 Å². The quantitative estimate of drug-likeness (QED) is 0.706. The molecular formula is C20H18O. The van der Waals surface area contributed by atoms with E-state index in [4.69, 9.17) is 0 Å². The first-order chi connectivity index (χ1) is 10.2. The molecule has 1 N–H and O–H groups in total. The van der Waals surface area contributed by atoms with Gasteiger partial charge in [0, 0.05) is 0 Å². The Morgan fingerprint density at radius 3 is 1.38 bits per heavy atom. The summed E-state index contributed by atoms with van der Waals surface area (Å²) in [5, 5.41) is 9.55. The molecular weight excluding hydrogens is 256 g/mol. The van der Waals surface area contributed by atoms with E-state index in [0.29, 0.717) is 0 Å². The number of aliphatic hydroxyl groups is 1. The van der Waals surface area contributed by atoms with Gasteiger partial charge in [0.1, 0.15) is 0 Å². The summed E-state index contributed by atoms with van der Waals surface area (Å²) in [6.45, 7) is 1.78. The van der Waals surface area contributed by atoms with E-state index in [9.17, 15) is 5.11 Å². The predicted molar refractivity (Wildman–Crippen MR) is 87.9 cm³/mol. The second-order valence-electron chi connectivity index (χ2n) is 5.24. The molecule has 0 aliphatic heterocycles. The van der Waals surface area contributed by atoms with Gasteiger partial charge < -0.3 is 5.11 Å². The highest BCUT2D eigenvalue weighted by molar-refractivity contribution is 5.70. The third kappa shape index (κ3) is 3.04. The molecule has 0 amide bonds. The normalized spacial score (nSPS) is 12.1. The van der Waals surface area contributed by atoms with Crippen LogP contribution < -0.4 is 0 Å². The fourth-order valence-corrected chi connectivity index (χ4v) is 2.44. The zero-order valence-electron chi connectivity index (χ0n) is 12.0. The van der Waals surface area contributed by atoms with Crippen LogP contribution in [0.2, 0.25) is 0 Å². The lowest BCUT2D eigenvalue weighted by Gasteiger charge is -2.08. The van der Waals surface area contributed by atoms with Crippen molar-refractivity contribution in [2.45, 2.75) is 13.0 Å². The largest absolute Gasteiger partial charge is 0.389 e. The van der Waals surface area contributed by atoms with Gasteiger partial charge in [-0.05, 0) is 34.7 Å². The standard InChI is InChI=1S/C20H18O/c1-15(21)16-7-9-19(10-8-16)20-13-11-18(12-14-20)17-5-3-2-4-6-17/h2-15,21H,1H3. The van der Waals surface area contributed by atoms with Crippen LogP contribution in [0.15, 0.2) is 78.9 Å². The number of benzene rings is 3. The van der Waals surface area contributed by atoms with Crippen LogP contribution in [0.4, 0.5) is 0 Å². The Morgan fingerprint density at radius 2 is 0.952 bits per heavy atom. The minimum absolute atomic E-state index is 0.417. The summed E-state index contributed by atoms with van der Waals surface area (Å²) in [4.78, 5) is 0. The molecule has 0 spiro atoms. The van der Waals surface area contributed by atoms with Crippen molar-refractivity contribution in [3.63, 3.8) is 0 Å². The Balaban J connectivity index is 1.87. The minimum atomic E-state index is -0.417. The summed E-state index contributed by atoms with van der Waals surface area (Å²) in [5.74, 6) is 0. The summed E-state index contributed by atoms with van der Waals surface area (Å²) in [6, 6.07) is 27.0. The van der Waals surface area contributed by atoms with Gasteiger partial charge in [0.05, 0.1) is 6.10 Å². The molecule has 0 aliphatic carbocycles. The fraction of sp³-hybridized carbons (Fsp3) is 0.100. The van der Waals surface area contributed by atoms with Crippen LogP contribution in [0.3, 0.4) is 0 Å². The molecule has 0 aliphatic rings. The van der Waals surface area contributed by atoms with Gasteiger partial charge in [-0.2, -0.15) is 0 Å². The molecule has 104 valence electrons. The molecule has 0 bridgehead atoms. The summed E-state index contributed by atoms with van der Waals surface area (Å²) in [5.41, 5.74) is 5.75. The zero-order valence-corrected chi connectivity index (χ0v) is 12.0.